The third kappa shape index (κ3) is 4.36. The van der Waals surface area contributed by atoms with Crippen LogP contribution in [0.1, 0.15) is 32.3 Å². The van der Waals surface area contributed by atoms with Crippen molar-refractivity contribution in [3.63, 3.8) is 0 Å². The molecule has 2 aliphatic rings. The van der Waals surface area contributed by atoms with E-state index >= 15 is 0 Å². The van der Waals surface area contributed by atoms with Crippen LogP contribution in [0.25, 0.3) is 0 Å². The molecule has 2 heterocycles. The fourth-order valence-electron chi connectivity index (χ4n) is 3.12. The predicted octanol–water partition coefficient (Wildman–Crippen LogP) is 0.749. The minimum absolute atomic E-state index is 0.0811. The molecule has 0 saturated carbocycles. The Kier molecular flexibility index (Phi) is 6.03. The minimum atomic E-state index is -0.737. The second-order valence-electron chi connectivity index (χ2n) is 7.25. The smallest absolute Gasteiger partial charge is 0.325 e. The molecule has 0 spiro atoms. The summed E-state index contributed by atoms with van der Waals surface area (Å²) in [6, 6.07) is 3.70. The summed E-state index contributed by atoms with van der Waals surface area (Å²) >= 11 is 0. The summed E-state index contributed by atoms with van der Waals surface area (Å²) < 4.78 is 10.6. The standard InChI is InChI=1S/C19H25N3O6/c1-11(2)14(9-23)20-17(24)6-4-13-18(25)22(19(26)21-13)8-12-3-5-15-16(7-12)28-10-27-15/h3,5,7,11,13-14,23H,4,6,8-10H2,1-2H3,(H,20,24)(H,21,26)/t13-,14-/m0/s1. The average Bonchev–Trinajstić information content (AvgIpc) is 3.23. The van der Waals surface area contributed by atoms with Crippen molar-refractivity contribution in [2.24, 2.45) is 5.92 Å². The topological polar surface area (TPSA) is 117 Å². The molecule has 2 atom stereocenters. The Bertz CT molecular complexity index is 766. The van der Waals surface area contributed by atoms with Gasteiger partial charge in [0.15, 0.2) is 11.5 Å². The summed E-state index contributed by atoms with van der Waals surface area (Å²) in [4.78, 5) is 38.0. The maximum atomic E-state index is 12.6. The van der Waals surface area contributed by atoms with Crippen molar-refractivity contribution >= 4 is 17.8 Å². The van der Waals surface area contributed by atoms with Crippen molar-refractivity contribution in [3.05, 3.63) is 23.8 Å². The largest absolute Gasteiger partial charge is 0.454 e. The van der Waals surface area contributed by atoms with E-state index in [9.17, 15) is 19.5 Å². The van der Waals surface area contributed by atoms with Gasteiger partial charge < -0.3 is 25.2 Å². The van der Waals surface area contributed by atoms with E-state index in [1.807, 2.05) is 13.8 Å². The molecule has 0 aliphatic carbocycles. The van der Waals surface area contributed by atoms with Crippen LogP contribution in [0.5, 0.6) is 11.5 Å². The number of aliphatic hydroxyl groups is 1. The van der Waals surface area contributed by atoms with Crippen molar-refractivity contribution < 1.29 is 29.0 Å². The number of rotatable bonds is 8. The molecular formula is C19H25N3O6. The lowest BCUT2D eigenvalue weighted by atomic mass is 10.0. The van der Waals surface area contributed by atoms with E-state index in [2.05, 4.69) is 10.6 Å². The van der Waals surface area contributed by atoms with E-state index in [0.717, 1.165) is 10.5 Å². The summed E-state index contributed by atoms with van der Waals surface area (Å²) in [5.41, 5.74) is 0.744. The number of urea groups is 1. The number of aliphatic hydroxyl groups excluding tert-OH is 1. The molecule has 3 N–H and O–H groups in total. The van der Waals surface area contributed by atoms with Gasteiger partial charge in [-0.3, -0.25) is 14.5 Å². The number of imide groups is 1. The molecule has 152 valence electrons. The fraction of sp³-hybridized carbons (Fsp3) is 0.526. The third-order valence-corrected chi connectivity index (χ3v) is 4.89. The van der Waals surface area contributed by atoms with E-state index in [1.165, 1.54) is 0 Å². The van der Waals surface area contributed by atoms with Gasteiger partial charge in [0.2, 0.25) is 12.7 Å². The fourth-order valence-corrected chi connectivity index (χ4v) is 3.12. The van der Waals surface area contributed by atoms with Gasteiger partial charge in [-0.05, 0) is 30.0 Å². The van der Waals surface area contributed by atoms with Gasteiger partial charge in [-0.25, -0.2) is 4.79 Å². The quantitative estimate of drug-likeness (QED) is 0.563. The van der Waals surface area contributed by atoms with Crippen molar-refractivity contribution in [3.8, 4) is 11.5 Å². The number of carbonyl (C=O) groups excluding carboxylic acids is 3. The molecule has 1 aromatic carbocycles. The minimum Gasteiger partial charge on any atom is -0.454 e. The number of amides is 4. The lowest BCUT2D eigenvalue weighted by Crippen LogP contribution is -2.42. The van der Waals surface area contributed by atoms with E-state index in [1.54, 1.807) is 18.2 Å². The highest BCUT2D eigenvalue weighted by atomic mass is 16.7. The highest BCUT2D eigenvalue weighted by Gasteiger charge is 2.38. The van der Waals surface area contributed by atoms with Crippen LogP contribution in [0.15, 0.2) is 18.2 Å². The Hall–Kier alpha value is -2.81. The van der Waals surface area contributed by atoms with Gasteiger partial charge in [-0.15, -0.1) is 0 Å². The second kappa shape index (κ2) is 8.47. The average molecular weight is 391 g/mol. The SMILES string of the molecule is CC(C)[C@H](CO)NC(=O)CC[C@@H]1NC(=O)N(Cc2ccc3c(c2)OCO3)C1=O. The van der Waals surface area contributed by atoms with Gasteiger partial charge in [0.05, 0.1) is 19.2 Å². The van der Waals surface area contributed by atoms with Crippen molar-refractivity contribution in [2.45, 2.75) is 45.3 Å². The second-order valence-corrected chi connectivity index (χ2v) is 7.25. The molecule has 9 heteroatoms. The monoisotopic (exact) mass is 391 g/mol. The molecule has 1 aromatic rings. The number of benzene rings is 1. The molecule has 2 aliphatic heterocycles. The predicted molar refractivity (Wildman–Crippen MR) is 98.5 cm³/mol. The Labute approximate surface area is 163 Å². The molecule has 3 rings (SSSR count). The lowest BCUT2D eigenvalue weighted by molar-refractivity contribution is -0.128. The van der Waals surface area contributed by atoms with Crippen LogP contribution in [0.3, 0.4) is 0 Å². The first kappa shape index (κ1) is 19.9. The van der Waals surface area contributed by atoms with E-state index in [0.29, 0.717) is 11.5 Å². The first-order chi connectivity index (χ1) is 13.4. The number of ether oxygens (including phenoxy) is 2. The zero-order chi connectivity index (χ0) is 20.3. The van der Waals surface area contributed by atoms with Crippen molar-refractivity contribution in [2.75, 3.05) is 13.4 Å². The first-order valence-corrected chi connectivity index (χ1v) is 9.29. The zero-order valence-corrected chi connectivity index (χ0v) is 15.9. The van der Waals surface area contributed by atoms with Gasteiger partial charge in [0.1, 0.15) is 6.04 Å². The van der Waals surface area contributed by atoms with Crippen LogP contribution in [0.4, 0.5) is 4.79 Å². The zero-order valence-electron chi connectivity index (χ0n) is 15.9. The Morgan fingerprint density at radius 1 is 1.32 bits per heavy atom. The first-order valence-electron chi connectivity index (χ1n) is 9.29. The van der Waals surface area contributed by atoms with Crippen molar-refractivity contribution in [1.29, 1.82) is 0 Å². The normalized spacial score (nSPS) is 19.1. The summed E-state index contributed by atoms with van der Waals surface area (Å²) in [7, 11) is 0. The number of carbonyl (C=O) groups is 3. The van der Waals surface area contributed by atoms with Gasteiger partial charge in [0, 0.05) is 6.42 Å². The summed E-state index contributed by atoms with van der Waals surface area (Å²) in [6.07, 6.45) is 0.280. The van der Waals surface area contributed by atoms with E-state index in [-0.39, 0.29) is 56.6 Å². The van der Waals surface area contributed by atoms with Crippen LogP contribution < -0.4 is 20.1 Å². The maximum absolute atomic E-state index is 12.6. The molecule has 0 aromatic heterocycles. The molecule has 9 nitrogen and oxygen atoms in total. The van der Waals surface area contributed by atoms with Crippen LogP contribution >= 0.6 is 0 Å². The van der Waals surface area contributed by atoms with Gasteiger partial charge in [-0.2, -0.15) is 0 Å². The molecule has 4 amide bonds. The molecule has 0 unspecified atom stereocenters. The Morgan fingerprint density at radius 3 is 2.79 bits per heavy atom. The molecule has 1 saturated heterocycles. The van der Waals surface area contributed by atoms with Gasteiger partial charge >= 0.3 is 6.03 Å². The number of nitrogens with one attached hydrogen (secondary N) is 2. The highest BCUT2D eigenvalue weighted by Crippen LogP contribution is 2.33. The molecular weight excluding hydrogens is 366 g/mol. The molecule has 1 fully saturated rings. The number of fused-ring (bicyclic) bond motifs is 1. The number of nitrogens with zero attached hydrogens (tertiary/aromatic N) is 1. The van der Waals surface area contributed by atoms with Gasteiger partial charge in [0.25, 0.3) is 5.91 Å². The summed E-state index contributed by atoms with van der Waals surface area (Å²) in [5.74, 6) is 0.690. The van der Waals surface area contributed by atoms with Crippen LogP contribution in [0, 0.1) is 5.92 Å². The van der Waals surface area contributed by atoms with Crippen LogP contribution in [-0.2, 0) is 16.1 Å². The molecule has 0 bridgehead atoms. The van der Waals surface area contributed by atoms with Gasteiger partial charge in [-0.1, -0.05) is 19.9 Å². The summed E-state index contributed by atoms with van der Waals surface area (Å²) in [5, 5.41) is 14.6. The third-order valence-electron chi connectivity index (χ3n) is 4.89. The van der Waals surface area contributed by atoms with Crippen molar-refractivity contribution in [1.82, 2.24) is 15.5 Å². The van der Waals surface area contributed by atoms with E-state index < -0.39 is 12.1 Å². The number of hydrogen-bond donors (Lipinski definition) is 3. The van der Waals surface area contributed by atoms with Crippen LogP contribution in [0.2, 0.25) is 0 Å². The lowest BCUT2D eigenvalue weighted by Gasteiger charge is -2.20. The van der Waals surface area contributed by atoms with E-state index in [4.69, 9.17) is 9.47 Å². The Morgan fingerprint density at radius 2 is 2.07 bits per heavy atom. The highest BCUT2D eigenvalue weighted by molar-refractivity contribution is 6.04. The maximum Gasteiger partial charge on any atom is 0.325 e. The van der Waals surface area contributed by atoms with Crippen LogP contribution in [-0.4, -0.2) is 53.3 Å². The number of hydrogen-bond acceptors (Lipinski definition) is 6. The molecule has 0 radical (unpaired) electrons. The summed E-state index contributed by atoms with van der Waals surface area (Å²) in [6.45, 7) is 3.92. The Balaban J connectivity index is 1.54. The molecule has 28 heavy (non-hydrogen) atoms.